The second kappa shape index (κ2) is 8.71. The average Bonchev–Trinajstić information content (AvgIpc) is 3.40. The van der Waals surface area contributed by atoms with Gasteiger partial charge in [0.2, 0.25) is 5.91 Å². The van der Waals surface area contributed by atoms with Crippen LogP contribution in [0, 0.1) is 0 Å². The van der Waals surface area contributed by atoms with E-state index in [1.165, 1.54) is 5.56 Å². The smallest absolute Gasteiger partial charge is 0.227 e. The zero-order chi connectivity index (χ0) is 21.9. The largest absolute Gasteiger partial charge is 0.497 e. The van der Waals surface area contributed by atoms with Gasteiger partial charge in [-0.05, 0) is 29.8 Å². The summed E-state index contributed by atoms with van der Waals surface area (Å²) in [5.41, 5.74) is 4.08. The third-order valence-corrected chi connectivity index (χ3v) is 5.94. The van der Waals surface area contributed by atoms with E-state index in [9.17, 15) is 4.79 Å². The summed E-state index contributed by atoms with van der Waals surface area (Å²) < 4.78 is 7.58. The van der Waals surface area contributed by atoms with Crippen LogP contribution in [0.2, 0.25) is 0 Å². The maximum absolute atomic E-state index is 12.9. The topological polar surface area (TPSA) is 47.4 Å². The molecule has 160 valence electrons. The van der Waals surface area contributed by atoms with Crippen molar-refractivity contribution in [1.82, 2.24) is 9.55 Å². The highest BCUT2D eigenvalue weighted by Crippen LogP contribution is 2.34. The highest BCUT2D eigenvalue weighted by molar-refractivity contribution is 5.96. The molecule has 1 aliphatic rings. The Labute approximate surface area is 187 Å². The molecule has 0 N–H and O–H groups in total. The van der Waals surface area contributed by atoms with Crippen molar-refractivity contribution in [2.24, 2.45) is 0 Å². The number of allylic oxidation sites excluding steroid dienone is 1. The van der Waals surface area contributed by atoms with E-state index in [1.807, 2.05) is 65.6 Å². The zero-order valence-electron chi connectivity index (χ0n) is 18.0. The number of hydrogen-bond donors (Lipinski definition) is 0. The summed E-state index contributed by atoms with van der Waals surface area (Å²) in [6.45, 7) is 1.31. The molecule has 1 aliphatic heterocycles. The second-order valence-electron chi connectivity index (χ2n) is 7.99. The number of para-hydroxylation sites is 2. The third-order valence-electron chi connectivity index (χ3n) is 5.94. The van der Waals surface area contributed by atoms with Crippen LogP contribution in [0.3, 0.4) is 0 Å². The Morgan fingerprint density at radius 1 is 1.03 bits per heavy atom. The van der Waals surface area contributed by atoms with Crippen LogP contribution < -0.4 is 9.64 Å². The summed E-state index contributed by atoms with van der Waals surface area (Å²) >= 11 is 0. The molecule has 1 atom stereocenters. The Bertz CT molecular complexity index is 1280. The minimum atomic E-state index is 0.0335. The molecular weight excluding hydrogens is 398 g/mol. The molecule has 1 amide bonds. The van der Waals surface area contributed by atoms with Crippen LogP contribution in [-0.4, -0.2) is 29.1 Å². The Morgan fingerprint density at radius 3 is 2.69 bits per heavy atom. The number of benzene rings is 3. The molecule has 1 unspecified atom stereocenters. The van der Waals surface area contributed by atoms with Crippen LogP contribution in [0.4, 0.5) is 5.69 Å². The average molecular weight is 424 g/mol. The highest BCUT2D eigenvalue weighted by atomic mass is 16.5. The number of rotatable bonds is 6. The first kappa shape index (κ1) is 20.1. The fraction of sp³-hybridized carbons (Fsp3) is 0.185. The first-order valence-corrected chi connectivity index (χ1v) is 10.8. The van der Waals surface area contributed by atoms with Crippen LogP contribution in [0.1, 0.15) is 23.7 Å². The van der Waals surface area contributed by atoms with Crippen molar-refractivity contribution >= 4 is 28.7 Å². The van der Waals surface area contributed by atoms with Crippen molar-refractivity contribution in [3.63, 3.8) is 0 Å². The number of aromatic nitrogens is 2. The number of fused-ring (bicyclic) bond motifs is 1. The first-order valence-electron chi connectivity index (χ1n) is 10.8. The molecule has 0 radical (unpaired) electrons. The molecule has 5 nitrogen and oxygen atoms in total. The maximum Gasteiger partial charge on any atom is 0.227 e. The molecular formula is C27H25N3O2. The molecule has 5 heteroatoms. The minimum Gasteiger partial charge on any atom is -0.497 e. The van der Waals surface area contributed by atoms with Crippen molar-refractivity contribution in [2.45, 2.75) is 18.9 Å². The van der Waals surface area contributed by atoms with Gasteiger partial charge in [0, 0.05) is 37.2 Å². The number of carbonyl (C=O) groups excluding carboxylic acids is 1. The molecule has 0 aliphatic carbocycles. The van der Waals surface area contributed by atoms with Crippen molar-refractivity contribution in [1.29, 1.82) is 0 Å². The number of ether oxygens (including phenoxy) is 1. The normalized spacial score (nSPS) is 16.3. The lowest BCUT2D eigenvalue weighted by Crippen LogP contribution is -2.24. The summed E-state index contributed by atoms with van der Waals surface area (Å²) in [7, 11) is 1.64. The summed E-state index contributed by atoms with van der Waals surface area (Å²) in [4.78, 5) is 19.7. The van der Waals surface area contributed by atoms with Gasteiger partial charge >= 0.3 is 0 Å². The maximum atomic E-state index is 12.9. The van der Waals surface area contributed by atoms with Crippen molar-refractivity contribution in [2.75, 3.05) is 18.6 Å². The lowest BCUT2D eigenvalue weighted by Gasteiger charge is -2.18. The summed E-state index contributed by atoms with van der Waals surface area (Å²) in [5, 5.41) is 0. The van der Waals surface area contributed by atoms with Crippen molar-refractivity contribution in [3.8, 4) is 5.75 Å². The predicted molar refractivity (Wildman–Crippen MR) is 128 cm³/mol. The number of carbonyl (C=O) groups is 1. The number of methoxy groups -OCH3 is 1. The van der Waals surface area contributed by atoms with Crippen molar-refractivity contribution in [3.05, 3.63) is 96.3 Å². The lowest BCUT2D eigenvalue weighted by molar-refractivity contribution is -0.117. The Kier molecular flexibility index (Phi) is 5.46. The Balaban J connectivity index is 1.45. The molecule has 2 heterocycles. The zero-order valence-corrected chi connectivity index (χ0v) is 18.0. The number of nitrogens with zero attached hydrogens (tertiary/aromatic N) is 3. The molecule has 0 bridgehead atoms. The van der Waals surface area contributed by atoms with Crippen LogP contribution in [0.25, 0.3) is 17.1 Å². The van der Waals surface area contributed by atoms with Gasteiger partial charge in [0.15, 0.2) is 0 Å². The monoisotopic (exact) mass is 423 g/mol. The standard InChI is InChI=1S/C27H25N3O2/c1-32-23-13-7-12-22(18-23)30-19-21(17-26(30)31)27-28-24-14-5-6-15-25(24)29(27)16-8-11-20-9-3-2-4-10-20/h2-15,18,21H,16-17,19H2,1H3/b11-8+. The van der Waals surface area contributed by atoms with Gasteiger partial charge in [0.05, 0.1) is 18.1 Å². The second-order valence-corrected chi connectivity index (χ2v) is 7.99. The van der Waals surface area contributed by atoms with Gasteiger partial charge in [-0.3, -0.25) is 4.79 Å². The van der Waals surface area contributed by atoms with E-state index in [-0.39, 0.29) is 11.8 Å². The Hall–Kier alpha value is -3.86. The molecule has 5 rings (SSSR count). The fourth-order valence-corrected chi connectivity index (χ4v) is 4.36. The molecule has 32 heavy (non-hydrogen) atoms. The van der Waals surface area contributed by atoms with Gasteiger partial charge in [-0.1, -0.05) is 60.7 Å². The van der Waals surface area contributed by atoms with Crippen LogP contribution >= 0.6 is 0 Å². The number of imidazole rings is 1. The predicted octanol–water partition coefficient (Wildman–Crippen LogP) is 5.28. The number of amides is 1. The molecule has 3 aromatic carbocycles. The van der Waals surface area contributed by atoms with E-state index in [4.69, 9.17) is 9.72 Å². The third kappa shape index (κ3) is 3.89. The van der Waals surface area contributed by atoms with E-state index in [1.54, 1.807) is 7.11 Å². The van der Waals surface area contributed by atoms with Gasteiger partial charge in [-0.15, -0.1) is 0 Å². The molecule has 0 spiro atoms. The lowest BCUT2D eigenvalue weighted by atomic mass is 10.1. The minimum absolute atomic E-state index is 0.0335. The summed E-state index contributed by atoms with van der Waals surface area (Å²) in [5.74, 6) is 1.85. The van der Waals surface area contributed by atoms with Gasteiger partial charge in [0.25, 0.3) is 0 Å². The summed E-state index contributed by atoms with van der Waals surface area (Å²) in [6.07, 6.45) is 4.73. The van der Waals surface area contributed by atoms with Gasteiger partial charge in [0.1, 0.15) is 11.6 Å². The highest BCUT2D eigenvalue weighted by Gasteiger charge is 2.34. The Morgan fingerprint density at radius 2 is 1.84 bits per heavy atom. The van der Waals surface area contributed by atoms with E-state index in [2.05, 4.69) is 34.9 Å². The quantitative estimate of drug-likeness (QED) is 0.424. The SMILES string of the molecule is COc1cccc(N2CC(c3nc4ccccc4n3C/C=C/c3ccccc3)CC2=O)c1. The number of anilines is 1. The van der Waals surface area contributed by atoms with Gasteiger partial charge in [-0.25, -0.2) is 4.98 Å². The van der Waals surface area contributed by atoms with Crippen LogP contribution in [0.5, 0.6) is 5.75 Å². The van der Waals surface area contributed by atoms with Crippen LogP contribution in [0.15, 0.2) is 84.9 Å². The van der Waals surface area contributed by atoms with E-state index in [0.717, 1.165) is 28.3 Å². The molecule has 4 aromatic rings. The van der Waals surface area contributed by atoms with Crippen molar-refractivity contribution < 1.29 is 9.53 Å². The fourth-order valence-electron chi connectivity index (χ4n) is 4.36. The van der Waals surface area contributed by atoms with Crippen LogP contribution in [-0.2, 0) is 11.3 Å². The van der Waals surface area contributed by atoms with E-state index < -0.39 is 0 Å². The first-order chi connectivity index (χ1) is 15.7. The molecule has 1 fully saturated rings. The molecule has 0 saturated carbocycles. The van der Waals surface area contributed by atoms with Gasteiger partial charge in [-0.2, -0.15) is 0 Å². The van der Waals surface area contributed by atoms with Gasteiger partial charge < -0.3 is 14.2 Å². The van der Waals surface area contributed by atoms with E-state index in [0.29, 0.717) is 19.5 Å². The summed E-state index contributed by atoms with van der Waals surface area (Å²) in [6, 6.07) is 26.1. The molecule has 1 saturated heterocycles. The van der Waals surface area contributed by atoms with E-state index >= 15 is 0 Å². The molecule has 1 aromatic heterocycles. The number of hydrogen-bond acceptors (Lipinski definition) is 3.